The predicted octanol–water partition coefficient (Wildman–Crippen LogP) is 4.14. The molecule has 0 amide bonds. The van der Waals surface area contributed by atoms with Crippen LogP contribution in [-0.2, 0) is 0 Å². The highest BCUT2D eigenvalue weighted by Crippen LogP contribution is 2.59. The van der Waals surface area contributed by atoms with Crippen LogP contribution in [0.4, 0.5) is 0 Å². The lowest BCUT2D eigenvalue weighted by Crippen LogP contribution is -2.36. The fourth-order valence-corrected chi connectivity index (χ4v) is 4.48. The van der Waals surface area contributed by atoms with E-state index in [9.17, 15) is 0 Å². The van der Waals surface area contributed by atoms with E-state index in [4.69, 9.17) is 11.2 Å². The van der Waals surface area contributed by atoms with Crippen LogP contribution in [0.3, 0.4) is 0 Å². The second kappa shape index (κ2) is 3.57. The lowest BCUT2D eigenvalue weighted by Gasteiger charge is -2.41. The van der Waals surface area contributed by atoms with Gasteiger partial charge in [0.15, 0.2) is 7.58 Å². The highest BCUT2D eigenvalue weighted by Gasteiger charge is 2.37. The summed E-state index contributed by atoms with van der Waals surface area (Å²) in [5, 5.41) is 0. The molecule has 1 rings (SSSR count). The molecule has 82 valence electrons. The number of hydrogen-bond donors (Lipinski definition) is 0. The van der Waals surface area contributed by atoms with Crippen molar-refractivity contribution in [2.24, 2.45) is 0 Å². The van der Waals surface area contributed by atoms with Crippen molar-refractivity contribution < 1.29 is 0 Å². The largest absolute Gasteiger partial charge is 0.321 e. The quantitative estimate of drug-likeness (QED) is 0.582. The average molecular weight is 235 g/mol. The Morgan fingerprint density at radius 1 is 0.857 bits per heavy atom. The van der Waals surface area contributed by atoms with E-state index in [1.807, 2.05) is 0 Å². The molecular weight excluding hydrogens is 215 g/mol. The van der Waals surface area contributed by atoms with E-state index < -0.39 is 7.58 Å². The first-order valence-corrected chi connectivity index (χ1v) is 7.02. The molecule has 1 heterocycles. The third kappa shape index (κ3) is 2.35. The van der Waals surface area contributed by atoms with E-state index in [0.717, 1.165) is 0 Å². The Labute approximate surface area is 93.6 Å². The summed E-state index contributed by atoms with van der Waals surface area (Å²) < 4.78 is 4.46. The van der Waals surface area contributed by atoms with Gasteiger partial charge in [0.05, 0.1) is 0 Å². The number of rotatable bonds is 0. The van der Waals surface area contributed by atoms with Crippen molar-refractivity contribution in [2.75, 3.05) is 0 Å². The van der Waals surface area contributed by atoms with Crippen molar-refractivity contribution in [2.45, 2.75) is 52.6 Å². The van der Waals surface area contributed by atoms with Gasteiger partial charge >= 0.3 is 0 Å². The van der Waals surface area contributed by atoms with Crippen molar-refractivity contribution in [1.82, 2.24) is 9.34 Å². The summed E-state index contributed by atoms with van der Waals surface area (Å²) in [6.45, 7) is 13.1. The fourth-order valence-electron chi connectivity index (χ4n) is 1.28. The van der Waals surface area contributed by atoms with Gasteiger partial charge in [0, 0.05) is 23.5 Å². The Balaban J connectivity index is 2.81. The summed E-state index contributed by atoms with van der Waals surface area (Å²) >= 11 is 6.47. The lowest BCUT2D eigenvalue weighted by atomic mass is 10.1. The molecular formula is C10H20ClN2P. The summed E-state index contributed by atoms with van der Waals surface area (Å²) in [5.41, 5.74) is 0.202. The van der Waals surface area contributed by atoms with Gasteiger partial charge in [0.1, 0.15) is 0 Å². The SMILES string of the molecule is CC(C)(C)N1C=CN(C(C)(C)C)P1Cl. The van der Waals surface area contributed by atoms with Crippen LogP contribution in [0.1, 0.15) is 41.5 Å². The van der Waals surface area contributed by atoms with Gasteiger partial charge in [-0.15, -0.1) is 0 Å². The van der Waals surface area contributed by atoms with Crippen LogP contribution in [0.15, 0.2) is 12.4 Å². The normalized spacial score (nSPS) is 19.6. The highest BCUT2D eigenvalue weighted by molar-refractivity contribution is 7.80. The molecule has 1 aliphatic rings. The first-order chi connectivity index (χ1) is 6.14. The van der Waals surface area contributed by atoms with Crippen molar-refractivity contribution in [3.05, 3.63) is 12.4 Å². The Morgan fingerprint density at radius 2 is 1.14 bits per heavy atom. The maximum absolute atomic E-state index is 6.47. The maximum atomic E-state index is 6.47. The molecule has 0 saturated heterocycles. The van der Waals surface area contributed by atoms with Gasteiger partial charge in [-0.05, 0) is 52.8 Å². The Kier molecular flexibility index (Phi) is 3.10. The van der Waals surface area contributed by atoms with Gasteiger partial charge in [0.2, 0.25) is 0 Å². The molecule has 0 saturated carbocycles. The zero-order valence-electron chi connectivity index (χ0n) is 9.87. The third-order valence-electron chi connectivity index (χ3n) is 2.08. The number of nitrogens with zero attached hydrogens (tertiary/aromatic N) is 2. The molecule has 0 spiro atoms. The zero-order valence-corrected chi connectivity index (χ0v) is 11.5. The molecule has 14 heavy (non-hydrogen) atoms. The summed E-state index contributed by atoms with van der Waals surface area (Å²) in [5.74, 6) is 0. The molecule has 0 atom stereocenters. The van der Waals surface area contributed by atoms with Crippen LogP contribution in [0.25, 0.3) is 0 Å². The number of halogens is 1. The average Bonchev–Trinajstić information content (AvgIpc) is 2.26. The second-order valence-corrected chi connectivity index (χ2v) is 7.82. The van der Waals surface area contributed by atoms with E-state index in [0.29, 0.717) is 0 Å². The smallest absolute Gasteiger partial charge is 0.197 e. The highest BCUT2D eigenvalue weighted by atomic mass is 35.7. The van der Waals surface area contributed by atoms with Gasteiger partial charge in [-0.25, -0.2) is 0 Å². The van der Waals surface area contributed by atoms with Gasteiger partial charge in [-0.1, -0.05) is 0 Å². The van der Waals surface area contributed by atoms with E-state index in [-0.39, 0.29) is 11.1 Å². The third-order valence-corrected chi connectivity index (χ3v) is 5.23. The molecule has 0 unspecified atom stereocenters. The number of hydrogen-bond acceptors (Lipinski definition) is 2. The first kappa shape index (κ1) is 12.1. The maximum Gasteiger partial charge on any atom is 0.197 e. The molecule has 0 fully saturated rings. The minimum absolute atomic E-state index is 0.101. The van der Waals surface area contributed by atoms with Gasteiger partial charge in [-0.2, -0.15) is 0 Å². The zero-order chi connectivity index (χ0) is 11.1. The van der Waals surface area contributed by atoms with Crippen molar-refractivity contribution >= 4 is 18.8 Å². The molecule has 0 aromatic heterocycles. The Hall–Kier alpha value is 0.0600. The topological polar surface area (TPSA) is 6.48 Å². The van der Waals surface area contributed by atoms with Gasteiger partial charge in [0.25, 0.3) is 0 Å². The second-order valence-electron chi connectivity index (χ2n) is 5.57. The minimum Gasteiger partial charge on any atom is -0.321 e. The van der Waals surface area contributed by atoms with Crippen molar-refractivity contribution in [3.63, 3.8) is 0 Å². The fraction of sp³-hybridized carbons (Fsp3) is 0.800. The van der Waals surface area contributed by atoms with E-state index in [1.165, 1.54) is 0 Å². The van der Waals surface area contributed by atoms with Crippen LogP contribution in [0.5, 0.6) is 0 Å². The van der Waals surface area contributed by atoms with Crippen molar-refractivity contribution in [1.29, 1.82) is 0 Å². The standard InChI is InChI=1S/C10H20ClN2P/c1-9(2,3)12-7-8-13(14(12)11)10(4,5)6/h7-8H,1-6H3. The molecule has 0 aromatic carbocycles. The van der Waals surface area contributed by atoms with Crippen molar-refractivity contribution in [3.8, 4) is 0 Å². The Bertz CT molecular complexity index is 215. The van der Waals surface area contributed by atoms with Crippen LogP contribution in [-0.4, -0.2) is 20.4 Å². The Morgan fingerprint density at radius 3 is 1.29 bits per heavy atom. The molecule has 1 aliphatic heterocycles. The van der Waals surface area contributed by atoms with Crippen LogP contribution < -0.4 is 0 Å². The molecule has 4 heteroatoms. The predicted molar refractivity (Wildman–Crippen MR) is 65.1 cm³/mol. The summed E-state index contributed by atoms with van der Waals surface area (Å²) in [4.78, 5) is 0. The first-order valence-electron chi connectivity index (χ1n) is 4.87. The van der Waals surface area contributed by atoms with Crippen LogP contribution in [0, 0.1) is 0 Å². The molecule has 0 N–H and O–H groups in total. The van der Waals surface area contributed by atoms with Crippen LogP contribution >= 0.6 is 18.8 Å². The molecule has 0 aliphatic carbocycles. The molecule has 2 nitrogen and oxygen atoms in total. The van der Waals surface area contributed by atoms with Gasteiger partial charge < -0.3 is 9.34 Å². The van der Waals surface area contributed by atoms with Gasteiger partial charge in [-0.3, -0.25) is 0 Å². The summed E-state index contributed by atoms with van der Waals surface area (Å²) in [7, 11) is -0.740. The molecule has 0 radical (unpaired) electrons. The van der Waals surface area contributed by atoms with E-state index in [1.54, 1.807) is 0 Å². The summed E-state index contributed by atoms with van der Waals surface area (Å²) in [6, 6.07) is 0. The minimum atomic E-state index is -0.740. The summed E-state index contributed by atoms with van der Waals surface area (Å²) in [6.07, 6.45) is 4.20. The molecule has 0 aromatic rings. The van der Waals surface area contributed by atoms with E-state index in [2.05, 4.69) is 63.3 Å². The monoisotopic (exact) mass is 234 g/mol. The lowest BCUT2D eigenvalue weighted by molar-refractivity contribution is 0.317. The van der Waals surface area contributed by atoms with E-state index >= 15 is 0 Å². The van der Waals surface area contributed by atoms with Crippen LogP contribution in [0.2, 0.25) is 0 Å². The molecule has 0 bridgehead atoms.